The Kier molecular flexibility index (Phi) is 2.61. The molecule has 0 aromatic heterocycles. The van der Waals surface area contributed by atoms with Crippen molar-refractivity contribution in [3.63, 3.8) is 0 Å². The van der Waals surface area contributed by atoms with Crippen molar-refractivity contribution in [3.05, 3.63) is 0 Å². The summed E-state index contributed by atoms with van der Waals surface area (Å²) >= 11 is 0. The molecule has 2 saturated heterocycles. The van der Waals surface area contributed by atoms with Gasteiger partial charge in [-0.25, -0.2) is 0 Å². The first kappa shape index (κ1) is 9.47. The fraction of sp³-hybridized carbons (Fsp3) is 1.00. The van der Waals surface area contributed by atoms with Gasteiger partial charge in [-0.3, -0.25) is 4.90 Å². The molecule has 2 fully saturated rings. The first-order chi connectivity index (χ1) is 6.22. The number of fused-ring (bicyclic) bond motifs is 2. The highest BCUT2D eigenvalue weighted by Gasteiger charge is 2.39. The van der Waals surface area contributed by atoms with Crippen LogP contribution in [0.5, 0.6) is 0 Å². The van der Waals surface area contributed by atoms with E-state index in [1.165, 1.54) is 32.2 Å². The number of hydrogen-bond acceptors (Lipinski definition) is 2. The van der Waals surface area contributed by atoms with Crippen molar-refractivity contribution < 1.29 is 0 Å². The van der Waals surface area contributed by atoms with Crippen LogP contribution in [0.1, 0.15) is 32.6 Å². The van der Waals surface area contributed by atoms with E-state index in [-0.39, 0.29) is 0 Å². The second-order valence-corrected chi connectivity index (χ2v) is 4.80. The fourth-order valence-corrected chi connectivity index (χ4v) is 3.18. The highest BCUT2D eigenvalue weighted by molar-refractivity contribution is 4.96. The molecule has 2 nitrogen and oxygen atoms in total. The van der Waals surface area contributed by atoms with Gasteiger partial charge in [-0.1, -0.05) is 6.92 Å². The number of nitrogens with zero attached hydrogens (tertiary/aromatic N) is 2. The molecule has 2 heteroatoms. The van der Waals surface area contributed by atoms with Crippen LogP contribution >= 0.6 is 0 Å². The molecule has 0 saturated carbocycles. The molecule has 76 valence electrons. The minimum atomic E-state index is 0.847. The second-order valence-electron chi connectivity index (χ2n) is 4.80. The zero-order valence-corrected chi connectivity index (χ0v) is 9.16. The molecule has 0 N–H and O–H groups in total. The van der Waals surface area contributed by atoms with Crippen LogP contribution in [-0.2, 0) is 0 Å². The van der Waals surface area contributed by atoms with E-state index in [1.54, 1.807) is 0 Å². The predicted octanol–water partition coefficient (Wildman–Crippen LogP) is 1.56. The molecule has 2 atom stereocenters. The topological polar surface area (TPSA) is 6.48 Å². The molecule has 2 unspecified atom stereocenters. The average molecular weight is 182 g/mol. The molecule has 0 amide bonds. The Bertz CT molecular complexity index is 165. The van der Waals surface area contributed by atoms with Crippen molar-refractivity contribution in [1.29, 1.82) is 0 Å². The lowest BCUT2D eigenvalue weighted by Crippen LogP contribution is -2.48. The lowest BCUT2D eigenvalue weighted by Gasteiger charge is -2.40. The molecule has 2 heterocycles. The minimum Gasteiger partial charge on any atom is -0.306 e. The zero-order chi connectivity index (χ0) is 9.42. The molecule has 2 rings (SSSR count). The summed E-state index contributed by atoms with van der Waals surface area (Å²) in [6, 6.07) is 2.65. The predicted molar refractivity (Wildman–Crippen MR) is 55.9 cm³/mol. The van der Waals surface area contributed by atoms with Gasteiger partial charge >= 0.3 is 0 Å². The second kappa shape index (κ2) is 3.58. The Hall–Kier alpha value is -0.0800. The Morgan fingerprint density at radius 1 is 1.15 bits per heavy atom. The summed E-state index contributed by atoms with van der Waals surface area (Å²) in [5.74, 6) is 0. The zero-order valence-electron chi connectivity index (χ0n) is 9.16. The van der Waals surface area contributed by atoms with Crippen LogP contribution in [0.4, 0.5) is 0 Å². The van der Waals surface area contributed by atoms with Crippen LogP contribution in [0.2, 0.25) is 0 Å². The molecule has 2 aliphatic rings. The van der Waals surface area contributed by atoms with Crippen LogP contribution in [0.25, 0.3) is 0 Å². The van der Waals surface area contributed by atoms with Gasteiger partial charge in [0.25, 0.3) is 0 Å². The largest absolute Gasteiger partial charge is 0.306 e. The monoisotopic (exact) mass is 182 g/mol. The summed E-state index contributed by atoms with van der Waals surface area (Å²) in [5.41, 5.74) is 0. The fourth-order valence-electron chi connectivity index (χ4n) is 3.18. The standard InChI is InChI=1S/C11H22N2/c1-4-13-9-5-6-10(13)8-11(7-9)12(2)3/h9-11H,4-8H2,1-3H3. The van der Waals surface area contributed by atoms with Gasteiger partial charge in [-0.15, -0.1) is 0 Å². The van der Waals surface area contributed by atoms with Crippen LogP contribution in [0, 0.1) is 0 Å². The van der Waals surface area contributed by atoms with Crippen molar-refractivity contribution in [3.8, 4) is 0 Å². The summed E-state index contributed by atoms with van der Waals surface area (Å²) in [7, 11) is 4.46. The van der Waals surface area contributed by atoms with Crippen molar-refractivity contribution in [2.24, 2.45) is 0 Å². The normalized spacial score (nSPS) is 40.2. The summed E-state index contributed by atoms with van der Waals surface area (Å²) in [6.45, 7) is 3.57. The van der Waals surface area contributed by atoms with E-state index >= 15 is 0 Å². The number of hydrogen-bond donors (Lipinski definition) is 0. The first-order valence-corrected chi connectivity index (χ1v) is 5.64. The summed E-state index contributed by atoms with van der Waals surface area (Å²) < 4.78 is 0. The summed E-state index contributed by atoms with van der Waals surface area (Å²) in [5, 5.41) is 0. The van der Waals surface area contributed by atoms with Gasteiger partial charge in [-0.05, 0) is 46.3 Å². The number of rotatable bonds is 2. The molecule has 0 aromatic carbocycles. The Morgan fingerprint density at radius 2 is 1.69 bits per heavy atom. The maximum absolute atomic E-state index is 2.72. The van der Waals surface area contributed by atoms with Gasteiger partial charge in [0.05, 0.1) is 0 Å². The van der Waals surface area contributed by atoms with Crippen LogP contribution in [0.3, 0.4) is 0 Å². The van der Waals surface area contributed by atoms with Gasteiger partial charge in [0.15, 0.2) is 0 Å². The summed E-state index contributed by atoms with van der Waals surface area (Å²) in [4.78, 5) is 5.14. The van der Waals surface area contributed by atoms with Crippen LogP contribution in [-0.4, -0.2) is 48.6 Å². The SMILES string of the molecule is CCN1C2CCC1CC(N(C)C)C2. The molecule has 0 spiro atoms. The number of piperidine rings is 1. The van der Waals surface area contributed by atoms with E-state index in [9.17, 15) is 0 Å². The van der Waals surface area contributed by atoms with Gasteiger partial charge in [-0.2, -0.15) is 0 Å². The van der Waals surface area contributed by atoms with Gasteiger partial charge in [0.1, 0.15) is 0 Å². The van der Waals surface area contributed by atoms with E-state index < -0.39 is 0 Å². The smallest absolute Gasteiger partial charge is 0.0119 e. The van der Waals surface area contributed by atoms with E-state index in [2.05, 4.69) is 30.8 Å². The van der Waals surface area contributed by atoms with Crippen LogP contribution < -0.4 is 0 Å². The van der Waals surface area contributed by atoms with Gasteiger partial charge in [0, 0.05) is 18.1 Å². The highest BCUT2D eigenvalue weighted by atomic mass is 15.2. The van der Waals surface area contributed by atoms with E-state index in [1.807, 2.05) is 0 Å². The average Bonchev–Trinajstić information content (AvgIpc) is 2.34. The van der Waals surface area contributed by atoms with E-state index in [0.29, 0.717) is 0 Å². The molecule has 13 heavy (non-hydrogen) atoms. The minimum absolute atomic E-state index is 0.847. The maximum atomic E-state index is 2.72. The Balaban J connectivity index is 2.02. The summed E-state index contributed by atoms with van der Waals surface area (Å²) in [6.07, 6.45) is 5.69. The lowest BCUT2D eigenvalue weighted by molar-refractivity contribution is 0.0859. The maximum Gasteiger partial charge on any atom is 0.0119 e. The molecule has 2 bridgehead atoms. The van der Waals surface area contributed by atoms with Crippen LogP contribution in [0.15, 0.2) is 0 Å². The van der Waals surface area contributed by atoms with Crippen molar-refractivity contribution in [2.45, 2.75) is 50.7 Å². The van der Waals surface area contributed by atoms with Crippen molar-refractivity contribution in [1.82, 2.24) is 9.80 Å². The molecule has 0 aromatic rings. The van der Waals surface area contributed by atoms with E-state index in [4.69, 9.17) is 0 Å². The van der Waals surface area contributed by atoms with E-state index in [0.717, 1.165) is 18.1 Å². The molecular weight excluding hydrogens is 160 g/mol. The molecule has 0 radical (unpaired) electrons. The Labute approximate surface area is 81.9 Å². The first-order valence-electron chi connectivity index (χ1n) is 5.64. The third-order valence-corrected chi connectivity index (χ3v) is 3.95. The van der Waals surface area contributed by atoms with Crippen molar-refractivity contribution in [2.75, 3.05) is 20.6 Å². The van der Waals surface area contributed by atoms with Crippen molar-refractivity contribution >= 4 is 0 Å². The molecule has 0 aliphatic carbocycles. The van der Waals surface area contributed by atoms with Gasteiger partial charge in [0.2, 0.25) is 0 Å². The lowest BCUT2D eigenvalue weighted by atomic mass is 9.97. The van der Waals surface area contributed by atoms with Gasteiger partial charge < -0.3 is 4.90 Å². The highest BCUT2D eigenvalue weighted by Crippen LogP contribution is 2.36. The molecular formula is C11H22N2. The third kappa shape index (κ3) is 1.62. The quantitative estimate of drug-likeness (QED) is 0.639. The molecule has 2 aliphatic heterocycles. The Morgan fingerprint density at radius 3 is 2.08 bits per heavy atom. The third-order valence-electron chi connectivity index (χ3n) is 3.95.